The number of benzene rings is 1. The van der Waals surface area contributed by atoms with E-state index in [0.717, 1.165) is 19.3 Å². The summed E-state index contributed by atoms with van der Waals surface area (Å²) in [5.41, 5.74) is -0.570. The molecule has 8 atom stereocenters. The normalized spacial score (nSPS) is 40.1. The number of carbonyl (C=O) groups is 2. The summed E-state index contributed by atoms with van der Waals surface area (Å²) in [6.45, 7) is 12.1. The molecule has 3 fully saturated rings. The summed E-state index contributed by atoms with van der Waals surface area (Å²) in [6.07, 6.45) is 3.69. The van der Waals surface area contributed by atoms with Crippen molar-refractivity contribution in [2.75, 3.05) is 11.9 Å². The highest BCUT2D eigenvalue weighted by Crippen LogP contribution is 2.68. The van der Waals surface area contributed by atoms with Gasteiger partial charge in [0.25, 0.3) is 0 Å². The number of Topliss-reactive ketones (excluding diaryl/α,β-unsaturated/α-hetero) is 1. The van der Waals surface area contributed by atoms with Gasteiger partial charge in [-0.05, 0) is 66.1 Å². The van der Waals surface area contributed by atoms with Gasteiger partial charge in [-0.15, -0.1) is 6.58 Å². The predicted molar refractivity (Wildman–Crippen MR) is 142 cm³/mol. The zero-order valence-electron chi connectivity index (χ0n) is 22.8. The van der Waals surface area contributed by atoms with Crippen LogP contribution in [0.4, 0.5) is 10.1 Å². The molecule has 0 amide bonds. The number of aliphatic hydroxyl groups excluding tert-OH is 1. The van der Waals surface area contributed by atoms with Crippen molar-refractivity contribution in [1.82, 2.24) is 0 Å². The number of carbonyl (C=O) groups excluding carboxylic acids is 2. The molecule has 0 aromatic heterocycles. The van der Waals surface area contributed by atoms with Gasteiger partial charge >= 0.3 is 13.1 Å². The van der Waals surface area contributed by atoms with Crippen molar-refractivity contribution < 1.29 is 33.5 Å². The van der Waals surface area contributed by atoms with Crippen LogP contribution in [0.2, 0.25) is 0 Å². The maximum absolute atomic E-state index is 14.6. The van der Waals surface area contributed by atoms with Crippen LogP contribution in [0.25, 0.3) is 0 Å². The van der Waals surface area contributed by atoms with Crippen LogP contribution in [0, 0.1) is 39.8 Å². The summed E-state index contributed by atoms with van der Waals surface area (Å²) in [5, 5.41) is 24.4. The minimum atomic E-state index is -1.13. The first kappa shape index (κ1) is 27.3. The molecule has 5 rings (SSSR count). The zero-order valence-corrected chi connectivity index (χ0v) is 22.8. The highest BCUT2D eigenvalue weighted by Gasteiger charge is 2.68. The summed E-state index contributed by atoms with van der Waals surface area (Å²) in [5.74, 6) is -1.21. The largest absolute Gasteiger partial charge is 0.491 e. The number of hydrogen-bond donors (Lipinski definition) is 3. The van der Waals surface area contributed by atoms with Gasteiger partial charge in [-0.2, -0.15) is 0 Å². The molecule has 1 aromatic rings. The molecule has 206 valence electrons. The second-order valence-corrected chi connectivity index (χ2v) is 12.6. The number of aliphatic hydroxyl groups is 1. The van der Waals surface area contributed by atoms with Gasteiger partial charge in [-0.25, -0.2) is 4.39 Å². The molecule has 3 saturated carbocycles. The van der Waals surface area contributed by atoms with E-state index in [0.29, 0.717) is 23.9 Å². The Hall–Kier alpha value is -2.23. The number of esters is 1. The Labute approximate surface area is 224 Å². The standard InChI is InChI=1S/C29H39BFNO6/c1-6-27(4)13-23(38-24(34)14-32-21-12-19-18(11-20(21)31)15-37-30(19)36)28(5)16(2)7-9-29(17(3)26(27)35)10-8-22(33)25(28)29/h6,11-12,16-17,23,25-26,32,35-36H,1,7-10,13-15H2,2-5H3/t16-,17-,23+,25-,26-,27+,28-,29-/m0/s1. The van der Waals surface area contributed by atoms with E-state index < -0.39 is 41.9 Å². The van der Waals surface area contributed by atoms with Gasteiger partial charge in [-0.1, -0.05) is 33.8 Å². The number of halogens is 1. The minimum Gasteiger partial charge on any atom is -0.460 e. The van der Waals surface area contributed by atoms with E-state index in [-0.39, 0.29) is 47.8 Å². The van der Waals surface area contributed by atoms with E-state index in [2.05, 4.69) is 32.7 Å². The van der Waals surface area contributed by atoms with Crippen LogP contribution in [0.5, 0.6) is 0 Å². The van der Waals surface area contributed by atoms with Crippen molar-refractivity contribution in [3.8, 4) is 0 Å². The zero-order chi connectivity index (χ0) is 27.6. The smallest absolute Gasteiger partial charge is 0.460 e. The maximum Gasteiger partial charge on any atom is 0.491 e. The molecule has 0 saturated heterocycles. The Kier molecular flexibility index (Phi) is 6.80. The molecule has 0 unspecified atom stereocenters. The van der Waals surface area contributed by atoms with Gasteiger partial charge in [0.1, 0.15) is 24.2 Å². The average molecular weight is 527 g/mol. The molecule has 0 radical (unpaired) electrons. The number of fused-ring (bicyclic) bond motifs is 1. The van der Waals surface area contributed by atoms with Gasteiger partial charge in [0.2, 0.25) is 0 Å². The van der Waals surface area contributed by atoms with Crippen molar-refractivity contribution in [1.29, 1.82) is 0 Å². The number of ketones is 1. The van der Waals surface area contributed by atoms with E-state index in [1.807, 2.05) is 6.92 Å². The second kappa shape index (κ2) is 9.45. The number of hydrogen-bond acceptors (Lipinski definition) is 7. The van der Waals surface area contributed by atoms with Crippen LogP contribution in [-0.2, 0) is 25.6 Å². The lowest BCUT2D eigenvalue weighted by Gasteiger charge is -2.61. The lowest BCUT2D eigenvalue weighted by Crippen LogP contribution is -2.63. The van der Waals surface area contributed by atoms with Crippen molar-refractivity contribution in [3.05, 3.63) is 36.2 Å². The Morgan fingerprint density at radius 3 is 2.79 bits per heavy atom. The van der Waals surface area contributed by atoms with Gasteiger partial charge in [0.05, 0.1) is 18.4 Å². The summed E-state index contributed by atoms with van der Waals surface area (Å²) in [7, 11) is -1.13. The van der Waals surface area contributed by atoms with Crippen molar-refractivity contribution >= 4 is 30.0 Å². The fraction of sp³-hybridized carbons (Fsp3) is 0.655. The Balaban J connectivity index is 1.44. The van der Waals surface area contributed by atoms with Gasteiger partial charge in [-0.3, -0.25) is 9.59 Å². The van der Waals surface area contributed by atoms with E-state index in [4.69, 9.17) is 9.39 Å². The minimum absolute atomic E-state index is 0.0744. The molecule has 2 bridgehead atoms. The highest BCUT2D eigenvalue weighted by atomic mass is 19.1. The molecule has 38 heavy (non-hydrogen) atoms. The van der Waals surface area contributed by atoms with Crippen molar-refractivity contribution in [3.63, 3.8) is 0 Å². The summed E-state index contributed by atoms with van der Waals surface area (Å²) < 4.78 is 26.0. The van der Waals surface area contributed by atoms with E-state index in [1.165, 1.54) is 12.1 Å². The molecule has 9 heteroatoms. The molecule has 7 nitrogen and oxygen atoms in total. The summed E-state index contributed by atoms with van der Waals surface area (Å²) >= 11 is 0. The first-order chi connectivity index (χ1) is 17.9. The quantitative estimate of drug-likeness (QED) is 0.307. The summed E-state index contributed by atoms with van der Waals surface area (Å²) in [6, 6.07) is 2.75. The first-order valence-electron chi connectivity index (χ1n) is 13.8. The maximum atomic E-state index is 14.6. The van der Waals surface area contributed by atoms with Crippen LogP contribution in [0.1, 0.15) is 65.4 Å². The van der Waals surface area contributed by atoms with Crippen molar-refractivity contribution in [2.24, 2.45) is 34.0 Å². The average Bonchev–Trinajstić information content (AvgIpc) is 3.43. The van der Waals surface area contributed by atoms with Gasteiger partial charge < -0.3 is 24.8 Å². The van der Waals surface area contributed by atoms with Gasteiger partial charge in [0, 0.05) is 23.2 Å². The SMILES string of the molecule is C=C[C@]1(C)C[C@@H](OC(=O)CNc2cc3c(cc2F)COB3O)[C@@]2(C)[C@@H]3C(=O)CC[C@@]3(CC[C@@H]2C)[C@@H](C)[C@@H]1O. The highest BCUT2D eigenvalue weighted by molar-refractivity contribution is 6.61. The summed E-state index contributed by atoms with van der Waals surface area (Å²) in [4.78, 5) is 26.8. The van der Waals surface area contributed by atoms with Crippen LogP contribution in [-0.4, -0.2) is 47.8 Å². The van der Waals surface area contributed by atoms with Crippen molar-refractivity contribution in [2.45, 2.75) is 78.6 Å². The second-order valence-electron chi connectivity index (χ2n) is 12.6. The van der Waals surface area contributed by atoms with E-state index in [9.17, 15) is 24.1 Å². The van der Waals surface area contributed by atoms with Crippen LogP contribution in [0.15, 0.2) is 24.8 Å². The molecule has 0 spiro atoms. The third-order valence-corrected chi connectivity index (χ3v) is 10.9. The molecule has 3 aliphatic carbocycles. The first-order valence-corrected chi connectivity index (χ1v) is 13.8. The Bertz CT molecular complexity index is 1160. The molecule has 1 heterocycles. The van der Waals surface area contributed by atoms with E-state index in [1.54, 1.807) is 6.08 Å². The fourth-order valence-corrected chi connectivity index (χ4v) is 8.25. The molecular formula is C29H39BFNO6. The predicted octanol–water partition coefficient (Wildman–Crippen LogP) is 3.36. The van der Waals surface area contributed by atoms with Crippen LogP contribution < -0.4 is 10.8 Å². The Morgan fingerprint density at radius 2 is 2.08 bits per heavy atom. The monoisotopic (exact) mass is 527 g/mol. The van der Waals surface area contributed by atoms with Crippen LogP contribution >= 0.6 is 0 Å². The lowest BCUT2D eigenvalue weighted by molar-refractivity contribution is -0.205. The topological polar surface area (TPSA) is 105 Å². The molecular weight excluding hydrogens is 488 g/mol. The van der Waals surface area contributed by atoms with Crippen LogP contribution in [0.3, 0.4) is 0 Å². The molecule has 1 aliphatic heterocycles. The third-order valence-electron chi connectivity index (χ3n) is 10.9. The molecule has 4 aliphatic rings. The number of nitrogens with one attached hydrogen (secondary N) is 1. The lowest BCUT2D eigenvalue weighted by atomic mass is 9.44. The molecule has 1 aromatic carbocycles. The van der Waals surface area contributed by atoms with Gasteiger partial charge in [0.15, 0.2) is 0 Å². The number of rotatable bonds is 5. The fourth-order valence-electron chi connectivity index (χ4n) is 8.25. The van der Waals surface area contributed by atoms with E-state index >= 15 is 0 Å². The third kappa shape index (κ3) is 3.96. The number of ether oxygens (including phenoxy) is 1. The number of anilines is 1. The molecule has 3 N–H and O–H groups in total. The Morgan fingerprint density at radius 1 is 1.34 bits per heavy atom.